The summed E-state index contributed by atoms with van der Waals surface area (Å²) in [4.78, 5) is 14.0. The Labute approximate surface area is 93.0 Å². The fourth-order valence-corrected chi connectivity index (χ4v) is 2.33. The van der Waals surface area contributed by atoms with Crippen molar-refractivity contribution >= 4 is 5.91 Å². The Bertz CT molecular complexity index is 194. The fraction of sp³-hybridized carbons (Fsp3) is 0.917. The number of amides is 1. The monoisotopic (exact) mass is 212 g/mol. The molecule has 1 saturated heterocycles. The average Bonchev–Trinajstić information content (AvgIpc) is 2.50. The minimum Gasteiger partial charge on any atom is -0.340 e. The average molecular weight is 212 g/mol. The Balaban J connectivity index is 2.49. The zero-order valence-corrected chi connectivity index (χ0v) is 9.87. The quantitative estimate of drug-likeness (QED) is 0.773. The van der Waals surface area contributed by atoms with Crippen LogP contribution in [-0.2, 0) is 4.79 Å². The lowest BCUT2D eigenvalue weighted by atomic mass is 10.1. The standard InChI is InChI=1S/C12H24N2O/c1-2-11-7-4-3-5-10-14(11)12(15)8-6-9-13/h11H,2-10,13H2,1H3/t11-/m0/s1. The van der Waals surface area contributed by atoms with E-state index in [2.05, 4.69) is 11.8 Å². The fourth-order valence-electron chi connectivity index (χ4n) is 2.33. The first kappa shape index (κ1) is 12.5. The summed E-state index contributed by atoms with van der Waals surface area (Å²) >= 11 is 0. The van der Waals surface area contributed by atoms with E-state index >= 15 is 0 Å². The molecule has 0 bridgehead atoms. The molecule has 0 aromatic heterocycles. The van der Waals surface area contributed by atoms with Crippen LogP contribution in [0.1, 0.15) is 51.9 Å². The van der Waals surface area contributed by atoms with Crippen molar-refractivity contribution < 1.29 is 4.79 Å². The van der Waals surface area contributed by atoms with Crippen LogP contribution in [0, 0.1) is 0 Å². The van der Waals surface area contributed by atoms with Gasteiger partial charge in [0, 0.05) is 19.0 Å². The molecule has 0 aliphatic carbocycles. The number of hydrogen-bond acceptors (Lipinski definition) is 2. The normalized spacial score (nSPS) is 22.5. The summed E-state index contributed by atoms with van der Waals surface area (Å²) < 4.78 is 0. The maximum atomic E-state index is 11.9. The summed E-state index contributed by atoms with van der Waals surface area (Å²) in [7, 11) is 0. The molecule has 0 aromatic rings. The van der Waals surface area contributed by atoms with Crippen LogP contribution in [0.3, 0.4) is 0 Å². The van der Waals surface area contributed by atoms with Gasteiger partial charge in [0.25, 0.3) is 0 Å². The van der Waals surface area contributed by atoms with Crippen molar-refractivity contribution in [3.05, 3.63) is 0 Å². The van der Waals surface area contributed by atoms with Crippen LogP contribution in [0.2, 0.25) is 0 Å². The highest BCUT2D eigenvalue weighted by Crippen LogP contribution is 2.20. The number of nitrogens with two attached hydrogens (primary N) is 1. The Morgan fingerprint density at radius 3 is 2.87 bits per heavy atom. The van der Waals surface area contributed by atoms with E-state index < -0.39 is 0 Å². The molecule has 0 aromatic carbocycles. The van der Waals surface area contributed by atoms with Crippen molar-refractivity contribution in [2.45, 2.75) is 57.9 Å². The van der Waals surface area contributed by atoms with Crippen LogP contribution in [0.5, 0.6) is 0 Å². The Hall–Kier alpha value is -0.570. The van der Waals surface area contributed by atoms with Crippen molar-refractivity contribution in [2.24, 2.45) is 5.73 Å². The number of carbonyl (C=O) groups excluding carboxylic acids is 1. The van der Waals surface area contributed by atoms with Crippen LogP contribution in [-0.4, -0.2) is 29.9 Å². The van der Waals surface area contributed by atoms with Gasteiger partial charge < -0.3 is 10.6 Å². The molecule has 15 heavy (non-hydrogen) atoms. The summed E-state index contributed by atoms with van der Waals surface area (Å²) in [5.41, 5.74) is 5.43. The predicted molar refractivity (Wildman–Crippen MR) is 62.5 cm³/mol. The molecule has 1 heterocycles. The van der Waals surface area contributed by atoms with Crippen LogP contribution in [0.4, 0.5) is 0 Å². The topological polar surface area (TPSA) is 46.3 Å². The van der Waals surface area contributed by atoms with Gasteiger partial charge in [-0.3, -0.25) is 4.79 Å². The van der Waals surface area contributed by atoms with Gasteiger partial charge in [-0.15, -0.1) is 0 Å². The van der Waals surface area contributed by atoms with Gasteiger partial charge in [-0.05, 0) is 32.2 Å². The van der Waals surface area contributed by atoms with Gasteiger partial charge in [0.1, 0.15) is 0 Å². The van der Waals surface area contributed by atoms with E-state index in [-0.39, 0.29) is 0 Å². The zero-order valence-electron chi connectivity index (χ0n) is 9.87. The van der Waals surface area contributed by atoms with E-state index in [1.54, 1.807) is 0 Å². The number of rotatable bonds is 4. The molecule has 1 atom stereocenters. The first-order chi connectivity index (χ1) is 7.29. The third kappa shape index (κ3) is 3.82. The molecule has 2 N–H and O–H groups in total. The Morgan fingerprint density at radius 2 is 2.20 bits per heavy atom. The molecule has 0 radical (unpaired) electrons. The van der Waals surface area contributed by atoms with Crippen molar-refractivity contribution in [3.8, 4) is 0 Å². The summed E-state index contributed by atoms with van der Waals surface area (Å²) in [6.07, 6.45) is 7.46. The second-order valence-corrected chi connectivity index (χ2v) is 4.39. The van der Waals surface area contributed by atoms with Gasteiger partial charge in [0.05, 0.1) is 0 Å². The maximum absolute atomic E-state index is 11.9. The molecule has 3 nitrogen and oxygen atoms in total. The van der Waals surface area contributed by atoms with Crippen molar-refractivity contribution in [3.63, 3.8) is 0 Å². The maximum Gasteiger partial charge on any atom is 0.222 e. The highest BCUT2D eigenvalue weighted by atomic mass is 16.2. The van der Waals surface area contributed by atoms with Crippen LogP contribution >= 0.6 is 0 Å². The van der Waals surface area contributed by atoms with E-state index in [0.29, 0.717) is 24.9 Å². The minimum atomic E-state index is 0.314. The van der Waals surface area contributed by atoms with Gasteiger partial charge in [0.15, 0.2) is 0 Å². The number of hydrogen-bond donors (Lipinski definition) is 1. The Morgan fingerprint density at radius 1 is 1.40 bits per heavy atom. The summed E-state index contributed by atoms with van der Waals surface area (Å²) in [6, 6.07) is 0.484. The first-order valence-electron chi connectivity index (χ1n) is 6.29. The molecule has 3 heteroatoms. The Kier molecular flexibility index (Phi) is 5.69. The lowest BCUT2D eigenvalue weighted by molar-refractivity contribution is -0.133. The van der Waals surface area contributed by atoms with Crippen LogP contribution in [0.25, 0.3) is 0 Å². The molecular weight excluding hydrogens is 188 g/mol. The summed E-state index contributed by atoms with van der Waals surface area (Å²) in [6.45, 7) is 3.76. The largest absolute Gasteiger partial charge is 0.340 e. The van der Waals surface area contributed by atoms with Crippen molar-refractivity contribution in [1.29, 1.82) is 0 Å². The second kappa shape index (κ2) is 6.83. The molecule has 1 fully saturated rings. The third-order valence-electron chi connectivity index (χ3n) is 3.26. The molecule has 0 unspecified atom stereocenters. The summed E-state index contributed by atoms with van der Waals surface area (Å²) in [5, 5.41) is 0. The number of carbonyl (C=O) groups is 1. The van der Waals surface area contributed by atoms with E-state index in [4.69, 9.17) is 5.73 Å². The van der Waals surface area contributed by atoms with Crippen LogP contribution < -0.4 is 5.73 Å². The SMILES string of the molecule is CC[C@H]1CCCCCN1C(=O)CCCN. The van der Waals surface area contributed by atoms with Crippen molar-refractivity contribution in [1.82, 2.24) is 4.90 Å². The highest BCUT2D eigenvalue weighted by molar-refractivity contribution is 5.76. The van der Waals surface area contributed by atoms with Gasteiger partial charge >= 0.3 is 0 Å². The lowest BCUT2D eigenvalue weighted by Crippen LogP contribution is -2.39. The van der Waals surface area contributed by atoms with Gasteiger partial charge in [-0.2, -0.15) is 0 Å². The summed E-state index contributed by atoms with van der Waals surface area (Å²) in [5.74, 6) is 0.314. The van der Waals surface area contributed by atoms with Gasteiger partial charge in [-0.25, -0.2) is 0 Å². The van der Waals surface area contributed by atoms with Crippen molar-refractivity contribution in [2.75, 3.05) is 13.1 Å². The smallest absolute Gasteiger partial charge is 0.222 e. The molecule has 88 valence electrons. The number of nitrogens with zero attached hydrogens (tertiary/aromatic N) is 1. The first-order valence-corrected chi connectivity index (χ1v) is 6.29. The highest BCUT2D eigenvalue weighted by Gasteiger charge is 2.23. The molecule has 1 aliphatic rings. The van der Waals surface area contributed by atoms with Gasteiger partial charge in [0.2, 0.25) is 5.91 Å². The molecule has 1 rings (SSSR count). The van der Waals surface area contributed by atoms with E-state index in [0.717, 1.165) is 19.4 Å². The molecular formula is C12H24N2O. The minimum absolute atomic E-state index is 0.314. The molecule has 1 amide bonds. The van der Waals surface area contributed by atoms with Crippen LogP contribution in [0.15, 0.2) is 0 Å². The van der Waals surface area contributed by atoms with E-state index in [9.17, 15) is 4.79 Å². The predicted octanol–water partition coefficient (Wildman–Crippen LogP) is 1.91. The molecule has 0 saturated carbocycles. The second-order valence-electron chi connectivity index (χ2n) is 4.39. The van der Waals surface area contributed by atoms with E-state index in [1.807, 2.05) is 0 Å². The lowest BCUT2D eigenvalue weighted by Gasteiger charge is -2.29. The van der Waals surface area contributed by atoms with Gasteiger partial charge in [-0.1, -0.05) is 19.8 Å². The molecule has 0 spiro atoms. The molecule has 1 aliphatic heterocycles. The van der Waals surface area contributed by atoms with E-state index in [1.165, 1.54) is 25.7 Å². The zero-order chi connectivity index (χ0) is 11.1. The number of likely N-dealkylation sites (tertiary alicyclic amines) is 1. The third-order valence-corrected chi connectivity index (χ3v) is 3.26.